The number of aldehydes is 1. The molecule has 6 heteroatoms. The molecule has 0 amide bonds. The van der Waals surface area contributed by atoms with E-state index in [0.29, 0.717) is 28.2 Å². The number of nitrogens with one attached hydrogen (secondary N) is 1. The van der Waals surface area contributed by atoms with E-state index in [0.717, 1.165) is 0 Å². The van der Waals surface area contributed by atoms with Crippen molar-refractivity contribution in [3.05, 3.63) is 41.4 Å². The first kappa shape index (κ1) is 11.3. The minimum absolute atomic E-state index is 0.0340. The smallest absolute Gasteiger partial charge is 0.184 e. The first-order valence-corrected chi connectivity index (χ1v) is 5.18. The number of rotatable bonds is 2. The van der Waals surface area contributed by atoms with E-state index >= 15 is 0 Å². The number of fused-ring (bicyclic) bond motifs is 1. The van der Waals surface area contributed by atoms with Crippen LogP contribution in [0.3, 0.4) is 0 Å². The number of carbonyl (C=O) groups is 1. The van der Waals surface area contributed by atoms with Gasteiger partial charge in [0.1, 0.15) is 17.2 Å². The van der Waals surface area contributed by atoms with Gasteiger partial charge in [0.15, 0.2) is 11.4 Å². The number of hydrogen-bond donors (Lipinski definition) is 2. The molecule has 0 radical (unpaired) electrons. The van der Waals surface area contributed by atoms with Crippen LogP contribution in [-0.2, 0) is 0 Å². The summed E-state index contributed by atoms with van der Waals surface area (Å²) in [6, 6.07) is 7.24. The standard InChI is InChI=1S/C11H9N3O2S/c12-11(17)14-13-10-7(5-15)6-16-9-4-2-1-3-8(9)10/h1-6H,(H3,12,14,17). The van der Waals surface area contributed by atoms with Gasteiger partial charge in [0.05, 0.1) is 5.56 Å². The van der Waals surface area contributed by atoms with E-state index < -0.39 is 0 Å². The monoisotopic (exact) mass is 247 g/mol. The second-order valence-corrected chi connectivity index (χ2v) is 3.68. The quantitative estimate of drug-likeness (QED) is 0.468. The molecule has 0 aliphatic heterocycles. The van der Waals surface area contributed by atoms with E-state index in [2.05, 4.69) is 22.7 Å². The van der Waals surface area contributed by atoms with Crippen LogP contribution in [0, 0.1) is 0 Å². The van der Waals surface area contributed by atoms with Crippen molar-refractivity contribution in [3.8, 4) is 0 Å². The molecule has 0 atom stereocenters. The predicted octanol–water partition coefficient (Wildman–Crippen LogP) is 0.894. The third-order valence-electron chi connectivity index (χ3n) is 2.13. The third kappa shape index (κ3) is 2.31. The number of hydrogen-bond acceptors (Lipinski definition) is 4. The Morgan fingerprint density at radius 1 is 1.47 bits per heavy atom. The molecule has 0 fully saturated rings. The SMILES string of the molecule is NC(=S)NN=c1c(C=O)coc2ccccc12. The lowest BCUT2D eigenvalue weighted by atomic mass is 10.2. The van der Waals surface area contributed by atoms with Gasteiger partial charge in [-0.25, -0.2) is 0 Å². The maximum atomic E-state index is 10.9. The molecule has 2 rings (SSSR count). The van der Waals surface area contributed by atoms with Gasteiger partial charge < -0.3 is 10.2 Å². The highest BCUT2D eigenvalue weighted by Gasteiger charge is 2.03. The van der Waals surface area contributed by atoms with E-state index in [1.807, 2.05) is 12.1 Å². The van der Waals surface area contributed by atoms with Crippen LogP contribution in [0.25, 0.3) is 11.0 Å². The minimum Gasteiger partial charge on any atom is -0.463 e. The highest BCUT2D eigenvalue weighted by atomic mass is 32.1. The third-order valence-corrected chi connectivity index (χ3v) is 2.22. The van der Waals surface area contributed by atoms with Gasteiger partial charge in [0.2, 0.25) is 0 Å². The maximum Gasteiger partial charge on any atom is 0.184 e. The molecule has 17 heavy (non-hydrogen) atoms. The lowest BCUT2D eigenvalue weighted by Gasteiger charge is -2.00. The van der Waals surface area contributed by atoms with E-state index in [9.17, 15) is 4.79 Å². The van der Waals surface area contributed by atoms with Gasteiger partial charge in [0.25, 0.3) is 0 Å². The van der Waals surface area contributed by atoms with Crippen LogP contribution in [0.5, 0.6) is 0 Å². The summed E-state index contributed by atoms with van der Waals surface area (Å²) in [5, 5.41) is 5.19. The van der Waals surface area contributed by atoms with Crippen LogP contribution in [0.15, 0.2) is 40.0 Å². The van der Waals surface area contributed by atoms with Crippen LogP contribution in [0.1, 0.15) is 10.4 Å². The fourth-order valence-electron chi connectivity index (χ4n) is 1.42. The van der Waals surface area contributed by atoms with E-state index in [4.69, 9.17) is 10.2 Å². The summed E-state index contributed by atoms with van der Waals surface area (Å²) in [5.41, 5.74) is 8.71. The number of thiocarbonyl (C=S) groups is 1. The lowest BCUT2D eigenvalue weighted by molar-refractivity contribution is 0.112. The lowest BCUT2D eigenvalue weighted by Crippen LogP contribution is -2.27. The first-order chi connectivity index (χ1) is 8.22. The maximum absolute atomic E-state index is 10.9. The molecule has 1 aromatic carbocycles. The van der Waals surface area contributed by atoms with E-state index in [-0.39, 0.29) is 5.11 Å². The average molecular weight is 247 g/mol. The fraction of sp³-hybridized carbons (Fsp3) is 0. The van der Waals surface area contributed by atoms with Crippen molar-refractivity contribution in [1.82, 2.24) is 5.43 Å². The van der Waals surface area contributed by atoms with Crippen LogP contribution < -0.4 is 16.5 Å². The van der Waals surface area contributed by atoms with Crippen molar-refractivity contribution >= 4 is 34.6 Å². The Kier molecular flexibility index (Phi) is 3.15. The topological polar surface area (TPSA) is 80.6 Å². The Labute approximate surface area is 102 Å². The molecule has 0 aliphatic carbocycles. The second kappa shape index (κ2) is 4.75. The summed E-state index contributed by atoms with van der Waals surface area (Å²) in [7, 11) is 0. The minimum atomic E-state index is 0.0340. The van der Waals surface area contributed by atoms with Gasteiger partial charge in [-0.2, -0.15) is 5.10 Å². The van der Waals surface area contributed by atoms with E-state index in [1.54, 1.807) is 12.1 Å². The zero-order valence-corrected chi connectivity index (χ0v) is 9.53. The summed E-state index contributed by atoms with van der Waals surface area (Å²) >= 11 is 4.66. The van der Waals surface area contributed by atoms with Gasteiger partial charge in [0, 0.05) is 5.39 Å². The Morgan fingerprint density at radius 3 is 2.94 bits per heavy atom. The van der Waals surface area contributed by atoms with Crippen LogP contribution in [-0.4, -0.2) is 11.4 Å². The van der Waals surface area contributed by atoms with Gasteiger partial charge in [-0.3, -0.25) is 10.2 Å². The highest BCUT2D eigenvalue weighted by Crippen LogP contribution is 2.09. The van der Waals surface area contributed by atoms with Gasteiger partial charge in [-0.1, -0.05) is 12.1 Å². The zero-order valence-electron chi connectivity index (χ0n) is 8.71. The molecular formula is C11H9N3O2S. The van der Waals surface area contributed by atoms with Gasteiger partial charge >= 0.3 is 0 Å². The van der Waals surface area contributed by atoms with Crippen molar-refractivity contribution in [1.29, 1.82) is 0 Å². The first-order valence-electron chi connectivity index (χ1n) is 4.77. The molecule has 5 nitrogen and oxygen atoms in total. The highest BCUT2D eigenvalue weighted by molar-refractivity contribution is 7.80. The second-order valence-electron chi connectivity index (χ2n) is 3.24. The number of nitrogens with two attached hydrogens (primary N) is 1. The zero-order chi connectivity index (χ0) is 12.3. The molecule has 1 aromatic heterocycles. The summed E-state index contributed by atoms with van der Waals surface area (Å²) in [4.78, 5) is 10.9. The summed E-state index contributed by atoms with van der Waals surface area (Å²) in [6.45, 7) is 0. The van der Waals surface area contributed by atoms with Crippen LogP contribution in [0.4, 0.5) is 0 Å². The van der Waals surface area contributed by atoms with Crippen molar-refractivity contribution in [3.63, 3.8) is 0 Å². The molecule has 0 saturated heterocycles. The average Bonchev–Trinajstić information content (AvgIpc) is 2.35. The van der Waals surface area contributed by atoms with Crippen LogP contribution >= 0.6 is 12.2 Å². The van der Waals surface area contributed by atoms with Crippen molar-refractivity contribution in [2.45, 2.75) is 0 Å². The molecular weight excluding hydrogens is 238 g/mol. The molecule has 86 valence electrons. The van der Waals surface area contributed by atoms with E-state index in [1.165, 1.54) is 6.26 Å². The largest absolute Gasteiger partial charge is 0.463 e. The summed E-state index contributed by atoms with van der Waals surface area (Å²) in [6.07, 6.45) is 2.01. The molecule has 0 unspecified atom stereocenters. The normalized spacial score (nSPS) is 11.4. The number of para-hydroxylation sites is 1. The van der Waals surface area contributed by atoms with Gasteiger partial charge in [-0.05, 0) is 24.4 Å². The molecule has 0 aliphatic rings. The molecule has 3 N–H and O–H groups in total. The van der Waals surface area contributed by atoms with Gasteiger partial charge in [-0.15, -0.1) is 0 Å². The Balaban J connectivity index is 2.75. The summed E-state index contributed by atoms with van der Waals surface area (Å²) < 4.78 is 5.30. The Morgan fingerprint density at radius 2 is 2.24 bits per heavy atom. The Bertz CT molecular complexity index is 648. The van der Waals surface area contributed by atoms with Crippen molar-refractivity contribution in [2.24, 2.45) is 10.8 Å². The number of carbonyl (C=O) groups excluding carboxylic acids is 1. The molecule has 0 saturated carbocycles. The summed E-state index contributed by atoms with van der Waals surface area (Å²) in [5.74, 6) is 0. The van der Waals surface area contributed by atoms with Crippen molar-refractivity contribution in [2.75, 3.05) is 0 Å². The van der Waals surface area contributed by atoms with Crippen LogP contribution in [0.2, 0.25) is 0 Å². The predicted molar refractivity (Wildman–Crippen MR) is 67.1 cm³/mol. The number of nitrogens with zero attached hydrogens (tertiary/aromatic N) is 1. The molecule has 2 aromatic rings. The van der Waals surface area contributed by atoms with Crippen molar-refractivity contribution < 1.29 is 9.21 Å². The molecule has 0 bridgehead atoms. The Hall–Kier alpha value is -2.21. The molecule has 1 heterocycles. The number of benzene rings is 1. The fourth-order valence-corrected chi connectivity index (χ4v) is 1.47. The molecule has 0 spiro atoms.